The number of hydrogen-bond donors (Lipinski definition) is 0. The predicted molar refractivity (Wildman–Crippen MR) is 605 cm³/mol. The second kappa shape index (κ2) is 32.6. The van der Waals surface area contributed by atoms with E-state index in [1.807, 2.05) is 80.0 Å². The van der Waals surface area contributed by atoms with Crippen molar-refractivity contribution in [1.29, 1.82) is 0 Å². The molecule has 148 heavy (non-hydrogen) atoms. The second-order valence-corrected chi connectivity index (χ2v) is 38.2. The number of para-hydroxylation sites is 8. The average Bonchev–Trinajstić information content (AvgIpc) is 1.58. The van der Waals surface area contributed by atoms with E-state index in [1.54, 1.807) is 0 Å². The Hall–Kier alpha value is -20.3. The quantitative estimate of drug-likeness (QED) is 0.131. The zero-order chi connectivity index (χ0) is 96.9. The van der Waals surface area contributed by atoms with Gasteiger partial charge in [0.1, 0.15) is 44.7 Å². The van der Waals surface area contributed by atoms with E-state index in [1.165, 1.54) is 76.2 Å². The highest BCUT2D eigenvalue weighted by atomic mass is 16.3. The molecule has 0 aliphatic heterocycles. The molecule has 0 unspecified atom stereocenters. The van der Waals surface area contributed by atoms with Gasteiger partial charge in [-0.2, -0.15) is 0 Å². The Morgan fingerprint density at radius 1 is 0.135 bits per heavy atom. The van der Waals surface area contributed by atoms with Crippen molar-refractivity contribution in [2.75, 3.05) is 0 Å². The van der Waals surface area contributed by atoms with E-state index in [0.29, 0.717) is 0 Å². The molecule has 15 aromatic heterocycles. The second-order valence-electron chi connectivity index (χ2n) is 38.2. The van der Waals surface area contributed by atoms with Crippen LogP contribution in [0.25, 0.3) is 297 Å². The number of benzene rings is 18. The largest absolute Gasteiger partial charge is 0.456 e. The van der Waals surface area contributed by atoms with E-state index in [2.05, 4.69) is 453 Å². The van der Waals surface area contributed by atoms with Crippen LogP contribution in [-0.4, -0.2) is 52.3 Å². The van der Waals surface area contributed by atoms with E-state index < -0.39 is 0 Å². The first-order valence-electron chi connectivity index (χ1n) is 49.7. The number of fused-ring (bicyclic) bond motifs is 30. The van der Waals surface area contributed by atoms with Gasteiger partial charge < -0.3 is 45.1 Å². The van der Waals surface area contributed by atoms with Crippen LogP contribution in [0.4, 0.5) is 0 Å². The van der Waals surface area contributed by atoms with Gasteiger partial charge in [0, 0.05) is 180 Å². The summed E-state index contributed by atoms with van der Waals surface area (Å²) in [6, 6.07) is 151. The molecule has 33 aromatic rings. The molecule has 0 bridgehead atoms. The van der Waals surface area contributed by atoms with Crippen LogP contribution < -0.4 is 0 Å². The van der Waals surface area contributed by atoms with Gasteiger partial charge in [0.2, 0.25) is 0 Å². The van der Waals surface area contributed by atoms with Crippen LogP contribution in [0.15, 0.2) is 498 Å². The van der Waals surface area contributed by atoms with Gasteiger partial charge in [-0.15, -0.1) is 0 Å². The number of nitrogens with zero attached hydrogens (tertiary/aromatic N) is 11. The maximum atomic E-state index is 6.52. The van der Waals surface area contributed by atoms with Gasteiger partial charge >= 0.3 is 0 Å². The Morgan fingerprint density at radius 3 is 0.831 bits per heavy atom. The Balaban J connectivity index is 0.000000102. The number of aromatic nitrogens is 11. The fourth-order valence-corrected chi connectivity index (χ4v) is 23.5. The maximum Gasteiger partial charge on any atom is 0.135 e. The Kier molecular flexibility index (Phi) is 18.2. The molecule has 15 heterocycles. The van der Waals surface area contributed by atoms with Crippen LogP contribution in [0, 0.1) is 0 Å². The molecule has 0 saturated carbocycles. The minimum atomic E-state index is 0.859. The normalized spacial score (nSPS) is 12.1. The maximum absolute atomic E-state index is 6.52. The molecule has 0 saturated heterocycles. The van der Waals surface area contributed by atoms with Crippen molar-refractivity contribution in [3.05, 3.63) is 480 Å². The number of rotatable bonds is 10. The summed E-state index contributed by atoms with van der Waals surface area (Å²) < 4.78 is 39.3. The minimum absolute atomic E-state index is 0.859. The van der Waals surface area contributed by atoms with Crippen LogP contribution in [0.2, 0.25) is 0 Å². The third kappa shape index (κ3) is 12.9. The molecular weight excluding hydrogens is 1820 g/mol. The first kappa shape index (κ1) is 82.4. The first-order chi connectivity index (χ1) is 73.4. The summed E-state index contributed by atoms with van der Waals surface area (Å²) in [6.07, 6.45) is 16.9. The van der Waals surface area contributed by atoms with E-state index in [9.17, 15) is 0 Å². The molecule has 0 amide bonds. The van der Waals surface area contributed by atoms with Crippen molar-refractivity contribution < 1.29 is 17.7 Å². The topological polar surface area (TPSA) is 147 Å². The van der Waals surface area contributed by atoms with Gasteiger partial charge in [-0.25, -0.2) is 0 Å². The number of furan rings is 4. The van der Waals surface area contributed by atoms with Gasteiger partial charge in [-0.3, -0.25) is 24.9 Å². The molecule has 0 aliphatic rings. The number of hydrogen-bond acceptors (Lipinski definition) is 9. The van der Waals surface area contributed by atoms with Gasteiger partial charge in [0.25, 0.3) is 0 Å². The van der Waals surface area contributed by atoms with Crippen LogP contribution in [0.3, 0.4) is 0 Å². The lowest BCUT2D eigenvalue weighted by Crippen LogP contribution is -2.00. The van der Waals surface area contributed by atoms with Gasteiger partial charge in [-0.05, 0) is 269 Å². The first-order valence-corrected chi connectivity index (χ1v) is 49.7. The van der Waals surface area contributed by atoms with Crippen LogP contribution >= 0.6 is 0 Å². The summed E-state index contributed by atoms with van der Waals surface area (Å²) in [7, 11) is 0. The third-order valence-corrected chi connectivity index (χ3v) is 30.1. The van der Waals surface area contributed by atoms with Gasteiger partial charge in [-0.1, -0.05) is 200 Å². The lowest BCUT2D eigenvalue weighted by atomic mass is 9.97. The lowest BCUT2D eigenvalue weighted by Gasteiger charge is -2.16. The molecular formula is C133H79N11O4. The summed E-state index contributed by atoms with van der Waals surface area (Å²) in [5, 5.41) is 21.9. The summed E-state index contributed by atoms with van der Waals surface area (Å²) in [4.78, 5) is 22.4. The molecule has 690 valence electrons. The van der Waals surface area contributed by atoms with E-state index >= 15 is 0 Å². The fraction of sp³-hybridized carbons (Fsp3) is 0. The van der Waals surface area contributed by atoms with Crippen molar-refractivity contribution in [2.24, 2.45) is 0 Å². The minimum Gasteiger partial charge on any atom is -0.456 e. The van der Waals surface area contributed by atoms with Gasteiger partial charge in [0.05, 0.1) is 84.1 Å². The van der Waals surface area contributed by atoms with Gasteiger partial charge in [0.15, 0.2) is 0 Å². The molecule has 33 rings (SSSR count). The smallest absolute Gasteiger partial charge is 0.135 e. The van der Waals surface area contributed by atoms with Crippen LogP contribution in [-0.2, 0) is 0 Å². The summed E-state index contributed by atoms with van der Waals surface area (Å²) in [6.45, 7) is 0. The van der Waals surface area contributed by atoms with Crippen LogP contribution in [0.5, 0.6) is 0 Å². The predicted octanol–water partition coefficient (Wildman–Crippen LogP) is 34.9. The highest BCUT2D eigenvalue weighted by Gasteiger charge is 2.25. The van der Waals surface area contributed by atoms with Crippen LogP contribution in [0.1, 0.15) is 0 Å². The summed E-state index contributed by atoms with van der Waals surface area (Å²) in [5.41, 5.74) is 37.3. The Bertz CT molecular complexity index is 10900. The molecule has 0 aliphatic carbocycles. The molecule has 18 aromatic carbocycles. The molecule has 0 fully saturated rings. The van der Waals surface area contributed by atoms with E-state index in [-0.39, 0.29) is 0 Å². The third-order valence-electron chi connectivity index (χ3n) is 30.1. The van der Waals surface area contributed by atoms with E-state index in [0.717, 1.165) is 221 Å². The fourth-order valence-electron chi connectivity index (χ4n) is 23.5. The molecule has 0 spiro atoms. The lowest BCUT2D eigenvalue weighted by molar-refractivity contribution is 0.668. The van der Waals surface area contributed by atoms with Crippen molar-refractivity contribution >= 4 is 219 Å². The molecule has 0 atom stereocenters. The molecule has 0 radical (unpaired) electrons. The molecule has 15 nitrogen and oxygen atoms in total. The highest BCUT2D eigenvalue weighted by Crippen LogP contribution is 2.47. The summed E-state index contributed by atoms with van der Waals surface area (Å²) in [5.74, 6) is 0. The van der Waals surface area contributed by atoms with Crippen molar-refractivity contribution in [3.8, 4) is 78.6 Å². The molecule has 0 N–H and O–H groups in total. The SMILES string of the molecule is c1cc(-c2ccc3oc4ccc(-n5c6ccncc6c6cnccc65)cc4c3c2)cc(-n2c3ccccc3c3ccccc32)c1.c1cc(-c2ccc3oc4ccccc4c3c2)cc(-c2ccc3oc4ccc(-n5c6cnccc6c6ncccc65)cc4c3c2)c1.c1ccc2c(c1)c1ccccc1n2-c1cc(-c2ccc3oc4ccc(-n5c6ccccc6c6ccncc65)cc4c3c2)cc(-n2c3ccccc3c3ccccc32)c1. The standard InChI is InChI=1S/C53H32N4O.C40H24N4O.C40H23N3O2/c1-7-17-47-38(11-1)39-12-2-8-18-48(39)56(47)36-27-34(28-37(30-36)57-49-19-9-3-13-40(49)41-14-4-10-20-50(41)57)33-21-23-52-44(29-33)45-31-35(22-24-53(45)58-52)55-46-16-6-5-15-42(46)43-25-26-54-32-51(43)55;1-3-10-35-29(8-1)30-9-2-4-11-36(30)43(35)27-7-5-6-25(20-27)26-12-14-39-31(21-26)32-22-28(13-15-40(32)45-39)44-37-16-18-41-23-33(37)34-24-42-19-17-38(34)44;1-2-9-36-29(7-1)31-20-26(10-13-37(31)44-36)24-5-3-6-25(19-24)27-11-14-38-32(21-27)33-22-28(12-15-39(33)45-38)43-34-8-4-17-42-40(34)30-16-18-41-23-35(30)43/h1-32H;1-24H;1-23H. The van der Waals surface area contributed by atoms with Crippen molar-refractivity contribution in [2.45, 2.75) is 0 Å². The highest BCUT2D eigenvalue weighted by molar-refractivity contribution is 6.18. The Morgan fingerprint density at radius 2 is 0.405 bits per heavy atom. The van der Waals surface area contributed by atoms with Crippen molar-refractivity contribution in [1.82, 2.24) is 52.3 Å². The zero-order valence-corrected chi connectivity index (χ0v) is 79.2. The number of pyridine rings is 5. The monoisotopic (exact) mass is 1890 g/mol. The summed E-state index contributed by atoms with van der Waals surface area (Å²) >= 11 is 0. The van der Waals surface area contributed by atoms with Crippen molar-refractivity contribution in [3.63, 3.8) is 0 Å². The Labute approximate surface area is 842 Å². The van der Waals surface area contributed by atoms with E-state index in [4.69, 9.17) is 17.7 Å². The molecule has 15 heteroatoms. The average molecular weight is 1900 g/mol. The zero-order valence-electron chi connectivity index (χ0n) is 79.2.